The molecule has 0 saturated carbocycles. The summed E-state index contributed by atoms with van der Waals surface area (Å²) in [6.07, 6.45) is 0. The number of halogens is 2. The Labute approximate surface area is 133 Å². The molecule has 1 aromatic heterocycles. The zero-order valence-corrected chi connectivity index (χ0v) is 14.2. The summed E-state index contributed by atoms with van der Waals surface area (Å²) in [5, 5.41) is 8.02. The first-order valence-electron chi connectivity index (χ1n) is 6.34. The van der Waals surface area contributed by atoms with Gasteiger partial charge < -0.3 is 0 Å². The van der Waals surface area contributed by atoms with Gasteiger partial charge in [0, 0.05) is 27.8 Å². The molecular formula is C13H15Cl2N3O2S. The van der Waals surface area contributed by atoms with Gasteiger partial charge in [-0.2, -0.15) is 0 Å². The zero-order chi connectivity index (χ0) is 15.8. The van der Waals surface area contributed by atoms with Gasteiger partial charge in [-0.15, -0.1) is 10.2 Å². The molecule has 114 valence electrons. The highest BCUT2D eigenvalue weighted by Crippen LogP contribution is 2.27. The van der Waals surface area contributed by atoms with E-state index in [-0.39, 0.29) is 11.1 Å². The van der Waals surface area contributed by atoms with E-state index in [1.165, 1.54) is 4.57 Å². The molecule has 5 nitrogen and oxygen atoms in total. The van der Waals surface area contributed by atoms with Crippen LogP contribution in [0.3, 0.4) is 0 Å². The number of benzene rings is 1. The van der Waals surface area contributed by atoms with Gasteiger partial charge in [-0.05, 0) is 36.6 Å². The fourth-order valence-electron chi connectivity index (χ4n) is 2.08. The second-order valence-electron chi connectivity index (χ2n) is 5.27. The van der Waals surface area contributed by atoms with Crippen LogP contribution >= 0.6 is 22.3 Å². The zero-order valence-electron chi connectivity index (χ0n) is 11.8. The third-order valence-corrected chi connectivity index (χ3v) is 4.15. The van der Waals surface area contributed by atoms with Crippen molar-refractivity contribution in [2.75, 3.05) is 0 Å². The maximum atomic E-state index is 11.6. The van der Waals surface area contributed by atoms with Crippen LogP contribution in [0.15, 0.2) is 23.4 Å². The van der Waals surface area contributed by atoms with Crippen LogP contribution in [0.4, 0.5) is 0 Å². The van der Waals surface area contributed by atoms with Gasteiger partial charge in [0.15, 0.2) is 5.82 Å². The molecule has 0 aliphatic carbocycles. The average molecular weight is 348 g/mol. The maximum absolute atomic E-state index is 11.6. The van der Waals surface area contributed by atoms with Crippen molar-refractivity contribution < 1.29 is 8.42 Å². The normalized spacial score (nSPS) is 12.1. The second kappa shape index (κ2) is 5.94. The van der Waals surface area contributed by atoms with E-state index in [2.05, 4.69) is 10.2 Å². The SMILES string of the molecule is Cc1cc(Cl)cc(-c2nnc(S(=O)(=O)Cl)n2CC(C)C)c1. The van der Waals surface area contributed by atoms with E-state index in [0.29, 0.717) is 23.0 Å². The van der Waals surface area contributed by atoms with E-state index in [1.807, 2.05) is 32.9 Å². The lowest BCUT2D eigenvalue weighted by atomic mass is 10.1. The van der Waals surface area contributed by atoms with Crippen LogP contribution < -0.4 is 0 Å². The molecule has 21 heavy (non-hydrogen) atoms. The van der Waals surface area contributed by atoms with Crippen molar-refractivity contribution in [3.05, 3.63) is 28.8 Å². The monoisotopic (exact) mass is 347 g/mol. The summed E-state index contributed by atoms with van der Waals surface area (Å²) >= 11 is 6.05. The molecule has 1 heterocycles. The Morgan fingerprint density at radius 3 is 2.43 bits per heavy atom. The quantitative estimate of drug-likeness (QED) is 0.794. The summed E-state index contributed by atoms with van der Waals surface area (Å²) in [4.78, 5) is 0. The Kier molecular flexibility index (Phi) is 4.60. The van der Waals surface area contributed by atoms with Crippen molar-refractivity contribution in [1.29, 1.82) is 0 Å². The molecule has 0 amide bonds. The van der Waals surface area contributed by atoms with Gasteiger partial charge in [0.05, 0.1) is 0 Å². The molecule has 0 aliphatic rings. The standard InChI is InChI=1S/C13H15Cl2N3O2S/c1-8(2)7-18-12(16-17-13(18)21(15,19)20)10-4-9(3)5-11(14)6-10/h4-6,8H,7H2,1-3H3. The third kappa shape index (κ3) is 3.75. The maximum Gasteiger partial charge on any atom is 0.296 e. The van der Waals surface area contributed by atoms with Gasteiger partial charge in [-0.1, -0.05) is 25.4 Å². The highest BCUT2D eigenvalue weighted by molar-refractivity contribution is 8.13. The highest BCUT2D eigenvalue weighted by atomic mass is 35.7. The summed E-state index contributed by atoms with van der Waals surface area (Å²) in [5.74, 6) is 0.644. The first kappa shape index (κ1) is 16.3. The van der Waals surface area contributed by atoms with Crippen molar-refractivity contribution in [3.8, 4) is 11.4 Å². The molecule has 8 heteroatoms. The lowest BCUT2D eigenvalue weighted by Crippen LogP contribution is -2.11. The predicted molar refractivity (Wildman–Crippen MR) is 83.1 cm³/mol. The van der Waals surface area contributed by atoms with E-state index in [1.54, 1.807) is 6.07 Å². The molecule has 0 fully saturated rings. The third-order valence-electron chi connectivity index (χ3n) is 2.78. The smallest absolute Gasteiger partial charge is 0.296 e. The topological polar surface area (TPSA) is 64.8 Å². The van der Waals surface area contributed by atoms with Crippen molar-refractivity contribution in [2.45, 2.75) is 32.5 Å². The number of aromatic nitrogens is 3. The molecule has 0 radical (unpaired) electrons. The van der Waals surface area contributed by atoms with Crippen molar-refractivity contribution >= 4 is 31.3 Å². The van der Waals surface area contributed by atoms with Gasteiger partial charge >= 0.3 is 0 Å². The van der Waals surface area contributed by atoms with Gasteiger partial charge in [0.25, 0.3) is 14.2 Å². The lowest BCUT2D eigenvalue weighted by Gasteiger charge is -2.12. The number of hydrogen-bond donors (Lipinski definition) is 0. The number of aryl methyl sites for hydroxylation is 1. The predicted octanol–water partition coefficient (Wildman–Crippen LogP) is 3.49. The van der Waals surface area contributed by atoms with Gasteiger partial charge in [-0.25, -0.2) is 8.42 Å². The van der Waals surface area contributed by atoms with E-state index in [9.17, 15) is 8.42 Å². The Morgan fingerprint density at radius 1 is 1.24 bits per heavy atom. The van der Waals surface area contributed by atoms with Crippen LogP contribution in [-0.2, 0) is 15.6 Å². The molecule has 1 aromatic carbocycles. The fraction of sp³-hybridized carbons (Fsp3) is 0.385. The molecule has 0 N–H and O–H groups in total. The van der Waals surface area contributed by atoms with Gasteiger partial charge in [0.1, 0.15) is 0 Å². The van der Waals surface area contributed by atoms with Gasteiger partial charge in [0.2, 0.25) is 0 Å². The minimum Gasteiger partial charge on any atom is -0.297 e. The van der Waals surface area contributed by atoms with Crippen molar-refractivity contribution in [2.24, 2.45) is 5.92 Å². The first-order chi connectivity index (χ1) is 9.68. The van der Waals surface area contributed by atoms with E-state index < -0.39 is 9.05 Å². The Bertz CT molecular complexity index is 749. The van der Waals surface area contributed by atoms with E-state index >= 15 is 0 Å². The molecule has 2 rings (SSSR count). The van der Waals surface area contributed by atoms with Crippen LogP contribution in [0, 0.1) is 12.8 Å². The molecule has 0 unspecified atom stereocenters. The average Bonchev–Trinajstić information content (AvgIpc) is 2.69. The fourth-order valence-corrected chi connectivity index (χ4v) is 3.27. The summed E-state index contributed by atoms with van der Waals surface area (Å²) in [5.41, 5.74) is 1.66. The minimum absolute atomic E-state index is 0.206. The number of nitrogens with zero attached hydrogens (tertiary/aromatic N) is 3. The molecule has 2 aromatic rings. The summed E-state index contributed by atoms with van der Waals surface area (Å²) in [6.45, 7) is 6.28. The van der Waals surface area contributed by atoms with Crippen LogP contribution in [0.1, 0.15) is 19.4 Å². The van der Waals surface area contributed by atoms with Crippen molar-refractivity contribution in [3.63, 3.8) is 0 Å². The molecular weight excluding hydrogens is 333 g/mol. The Morgan fingerprint density at radius 2 is 1.90 bits per heavy atom. The number of hydrogen-bond acceptors (Lipinski definition) is 4. The Balaban J connectivity index is 2.66. The molecule has 0 aliphatic heterocycles. The molecule has 0 spiro atoms. The largest absolute Gasteiger partial charge is 0.297 e. The highest BCUT2D eigenvalue weighted by Gasteiger charge is 2.24. The minimum atomic E-state index is -3.96. The second-order valence-corrected chi connectivity index (χ2v) is 8.16. The van der Waals surface area contributed by atoms with Gasteiger partial charge in [-0.3, -0.25) is 4.57 Å². The summed E-state index contributed by atoms with van der Waals surface area (Å²) in [6, 6.07) is 5.41. The molecule has 0 saturated heterocycles. The lowest BCUT2D eigenvalue weighted by molar-refractivity contribution is 0.488. The van der Waals surface area contributed by atoms with Crippen LogP contribution in [-0.4, -0.2) is 23.2 Å². The molecule has 0 atom stereocenters. The first-order valence-corrected chi connectivity index (χ1v) is 9.02. The summed E-state index contributed by atoms with van der Waals surface area (Å²) < 4.78 is 24.8. The van der Waals surface area contributed by atoms with E-state index in [0.717, 1.165) is 5.56 Å². The van der Waals surface area contributed by atoms with E-state index in [4.69, 9.17) is 22.3 Å². The van der Waals surface area contributed by atoms with Crippen LogP contribution in [0.5, 0.6) is 0 Å². The number of rotatable bonds is 4. The molecule has 0 bridgehead atoms. The van der Waals surface area contributed by atoms with Crippen LogP contribution in [0.25, 0.3) is 11.4 Å². The summed E-state index contributed by atoms with van der Waals surface area (Å²) in [7, 11) is 1.48. The van der Waals surface area contributed by atoms with Crippen molar-refractivity contribution in [1.82, 2.24) is 14.8 Å². The van der Waals surface area contributed by atoms with Crippen LogP contribution in [0.2, 0.25) is 5.02 Å². The Hall–Kier alpha value is -1.11.